The van der Waals surface area contributed by atoms with Gasteiger partial charge in [-0.05, 0) is 50.3 Å². The highest BCUT2D eigenvalue weighted by atomic mass is 16.3. The van der Waals surface area contributed by atoms with E-state index in [0.29, 0.717) is 6.42 Å². The summed E-state index contributed by atoms with van der Waals surface area (Å²) in [5.74, 6) is 0. The lowest BCUT2D eigenvalue weighted by atomic mass is 10.0. The minimum absolute atomic E-state index is 0.466. The van der Waals surface area contributed by atoms with Crippen LogP contribution in [0.15, 0.2) is 18.5 Å². The number of aryl methyl sites for hydroxylation is 3. The van der Waals surface area contributed by atoms with E-state index in [2.05, 4.69) is 17.0 Å². The molecule has 102 valence electrons. The maximum Gasteiger partial charge on any atom is 0.0808 e. The second kappa shape index (κ2) is 5.53. The average Bonchev–Trinajstić information content (AvgIpc) is 2.61. The molecule has 0 amide bonds. The van der Waals surface area contributed by atoms with Crippen LogP contribution in [0.2, 0.25) is 0 Å². The molecular weight excluding hydrogens is 238 g/mol. The smallest absolute Gasteiger partial charge is 0.0808 e. The molecule has 0 spiro atoms. The summed E-state index contributed by atoms with van der Waals surface area (Å²) in [6, 6.07) is 1.99. The van der Waals surface area contributed by atoms with Crippen molar-refractivity contribution in [3.8, 4) is 0 Å². The minimum Gasteiger partial charge on any atom is -0.388 e. The van der Waals surface area contributed by atoms with Crippen LogP contribution in [0.4, 0.5) is 0 Å². The fraction of sp³-hybridized carbons (Fsp3) is 0.467. The highest BCUT2D eigenvalue weighted by Crippen LogP contribution is 2.21. The molecule has 4 nitrogen and oxygen atoms in total. The first-order valence-electron chi connectivity index (χ1n) is 6.57. The van der Waals surface area contributed by atoms with Gasteiger partial charge in [0.25, 0.3) is 0 Å². The third-order valence-corrected chi connectivity index (χ3v) is 3.61. The Kier molecular flexibility index (Phi) is 4.00. The van der Waals surface area contributed by atoms with Gasteiger partial charge in [0.05, 0.1) is 11.8 Å². The summed E-state index contributed by atoms with van der Waals surface area (Å²) >= 11 is 0. The third-order valence-electron chi connectivity index (χ3n) is 3.61. The number of rotatable bonds is 4. The Morgan fingerprint density at radius 2 is 2.00 bits per heavy atom. The van der Waals surface area contributed by atoms with Crippen LogP contribution in [-0.2, 0) is 13.5 Å². The highest BCUT2D eigenvalue weighted by Gasteiger charge is 2.13. The van der Waals surface area contributed by atoms with Gasteiger partial charge in [0.2, 0.25) is 0 Å². The molecule has 0 saturated carbocycles. The molecule has 4 heteroatoms. The van der Waals surface area contributed by atoms with Gasteiger partial charge in [-0.15, -0.1) is 0 Å². The predicted octanol–water partition coefficient (Wildman–Crippen LogP) is 2.41. The van der Waals surface area contributed by atoms with Crippen LogP contribution in [-0.4, -0.2) is 19.9 Å². The number of hydrogen-bond donors (Lipinski definition) is 1. The van der Waals surface area contributed by atoms with Crippen molar-refractivity contribution in [1.82, 2.24) is 14.8 Å². The Morgan fingerprint density at radius 1 is 1.26 bits per heavy atom. The molecule has 0 aliphatic carbocycles. The summed E-state index contributed by atoms with van der Waals surface area (Å²) in [6.45, 7) is 6.07. The van der Waals surface area contributed by atoms with E-state index >= 15 is 0 Å². The van der Waals surface area contributed by atoms with Gasteiger partial charge in [0, 0.05) is 25.1 Å². The summed E-state index contributed by atoms with van der Waals surface area (Å²) in [5.41, 5.74) is 5.42. The van der Waals surface area contributed by atoms with Crippen molar-refractivity contribution in [3.63, 3.8) is 0 Å². The zero-order valence-electron chi connectivity index (χ0n) is 12.0. The van der Waals surface area contributed by atoms with Crippen LogP contribution < -0.4 is 0 Å². The third kappa shape index (κ3) is 3.01. The number of aliphatic hydroxyl groups excluding tert-OH is 1. The second-order valence-corrected chi connectivity index (χ2v) is 5.12. The highest BCUT2D eigenvalue weighted by molar-refractivity contribution is 5.25. The van der Waals surface area contributed by atoms with Crippen LogP contribution in [0.25, 0.3) is 0 Å². The molecule has 0 radical (unpaired) electrons. The van der Waals surface area contributed by atoms with Crippen molar-refractivity contribution < 1.29 is 5.11 Å². The van der Waals surface area contributed by atoms with Crippen molar-refractivity contribution in [1.29, 1.82) is 0 Å². The molecule has 19 heavy (non-hydrogen) atoms. The fourth-order valence-corrected chi connectivity index (χ4v) is 2.39. The van der Waals surface area contributed by atoms with Gasteiger partial charge in [-0.25, -0.2) is 0 Å². The van der Waals surface area contributed by atoms with E-state index in [1.165, 1.54) is 11.3 Å². The Morgan fingerprint density at radius 3 is 2.58 bits per heavy atom. The Bertz CT molecular complexity index is 575. The summed E-state index contributed by atoms with van der Waals surface area (Å²) < 4.78 is 1.89. The van der Waals surface area contributed by atoms with Crippen molar-refractivity contribution in [3.05, 3.63) is 46.5 Å². The molecule has 0 saturated heterocycles. The topological polar surface area (TPSA) is 50.9 Å². The first-order chi connectivity index (χ1) is 8.99. The van der Waals surface area contributed by atoms with E-state index in [1.54, 1.807) is 12.4 Å². The minimum atomic E-state index is -0.466. The zero-order valence-corrected chi connectivity index (χ0v) is 12.0. The molecule has 1 atom stereocenters. The molecule has 2 rings (SSSR count). The van der Waals surface area contributed by atoms with Crippen molar-refractivity contribution in [2.24, 2.45) is 7.05 Å². The molecule has 2 aromatic heterocycles. The van der Waals surface area contributed by atoms with Gasteiger partial charge in [0.1, 0.15) is 0 Å². The predicted molar refractivity (Wildman–Crippen MR) is 74.9 cm³/mol. The quantitative estimate of drug-likeness (QED) is 0.917. The molecular formula is C15H21N3O. The number of aliphatic hydroxyl groups is 1. The molecule has 0 aliphatic rings. The van der Waals surface area contributed by atoms with E-state index < -0.39 is 6.10 Å². The van der Waals surface area contributed by atoms with E-state index in [0.717, 1.165) is 23.2 Å². The lowest BCUT2D eigenvalue weighted by Crippen LogP contribution is -2.02. The van der Waals surface area contributed by atoms with Gasteiger partial charge in [0.15, 0.2) is 0 Å². The molecule has 1 N–H and O–H groups in total. The van der Waals surface area contributed by atoms with E-state index in [9.17, 15) is 5.11 Å². The van der Waals surface area contributed by atoms with Crippen molar-refractivity contribution in [2.75, 3.05) is 0 Å². The molecule has 2 aromatic rings. The van der Waals surface area contributed by atoms with Crippen molar-refractivity contribution >= 4 is 0 Å². The monoisotopic (exact) mass is 259 g/mol. The van der Waals surface area contributed by atoms with Gasteiger partial charge in [-0.3, -0.25) is 9.67 Å². The summed E-state index contributed by atoms with van der Waals surface area (Å²) in [5, 5.41) is 14.6. The number of pyridine rings is 1. The maximum atomic E-state index is 10.2. The van der Waals surface area contributed by atoms with Gasteiger partial charge < -0.3 is 5.11 Å². The van der Waals surface area contributed by atoms with Crippen LogP contribution in [0.5, 0.6) is 0 Å². The maximum absolute atomic E-state index is 10.2. The van der Waals surface area contributed by atoms with Gasteiger partial charge in [-0.2, -0.15) is 5.10 Å². The molecule has 0 bridgehead atoms. The van der Waals surface area contributed by atoms with E-state index in [4.69, 9.17) is 0 Å². The van der Waals surface area contributed by atoms with Gasteiger partial charge >= 0.3 is 0 Å². The van der Waals surface area contributed by atoms with E-state index in [1.807, 2.05) is 31.6 Å². The standard InChI is InChI=1S/C15H21N3O/c1-10-7-13(9-16-8-10)15(19)6-5-14-11(2)17-18(4)12(14)3/h7-9,15,19H,5-6H2,1-4H3. The second-order valence-electron chi connectivity index (χ2n) is 5.12. The lowest BCUT2D eigenvalue weighted by molar-refractivity contribution is 0.167. The number of nitrogens with zero attached hydrogens (tertiary/aromatic N) is 3. The van der Waals surface area contributed by atoms with Crippen LogP contribution in [0, 0.1) is 20.8 Å². The van der Waals surface area contributed by atoms with Crippen LogP contribution in [0.3, 0.4) is 0 Å². The van der Waals surface area contributed by atoms with Crippen LogP contribution in [0.1, 0.15) is 40.6 Å². The molecule has 0 aromatic carbocycles. The average molecular weight is 259 g/mol. The van der Waals surface area contributed by atoms with Crippen molar-refractivity contribution in [2.45, 2.75) is 39.7 Å². The van der Waals surface area contributed by atoms with Gasteiger partial charge in [-0.1, -0.05) is 6.07 Å². The Balaban J connectivity index is 2.06. The largest absolute Gasteiger partial charge is 0.388 e. The molecule has 0 aliphatic heterocycles. The fourth-order valence-electron chi connectivity index (χ4n) is 2.39. The summed E-state index contributed by atoms with van der Waals surface area (Å²) in [7, 11) is 1.95. The normalized spacial score (nSPS) is 12.7. The summed E-state index contributed by atoms with van der Waals surface area (Å²) in [4.78, 5) is 4.12. The number of aromatic nitrogens is 3. The molecule has 2 heterocycles. The lowest BCUT2D eigenvalue weighted by Gasteiger charge is -2.11. The van der Waals surface area contributed by atoms with Crippen LogP contribution >= 0.6 is 0 Å². The SMILES string of the molecule is Cc1cncc(C(O)CCc2c(C)nn(C)c2C)c1. The zero-order chi connectivity index (χ0) is 14.0. The molecule has 0 fully saturated rings. The number of hydrogen-bond acceptors (Lipinski definition) is 3. The first-order valence-corrected chi connectivity index (χ1v) is 6.57. The Hall–Kier alpha value is -1.68. The Labute approximate surface area is 114 Å². The molecule has 1 unspecified atom stereocenters. The first kappa shape index (κ1) is 13.7. The van der Waals surface area contributed by atoms with E-state index in [-0.39, 0.29) is 0 Å². The summed E-state index contributed by atoms with van der Waals surface area (Å²) in [6.07, 6.45) is 4.59.